The SMILES string of the molecule is C=C(OCCCOCC(O)CN(CCCCCC(=O)OCC(CCCCCC)CCCCCCCC)CC(C)O)C(CCCCCC)CCCCCCCC. The molecule has 0 aromatic heterocycles. The third-order valence-corrected chi connectivity index (χ3v) is 11.1. The summed E-state index contributed by atoms with van der Waals surface area (Å²) in [6, 6.07) is 0. The minimum absolute atomic E-state index is 0.0694. The first kappa shape index (κ1) is 53.9. The summed E-state index contributed by atoms with van der Waals surface area (Å²) in [5.41, 5.74) is 0. The quantitative estimate of drug-likeness (QED) is 0.0361. The number of aliphatic hydroxyl groups is 2. The minimum atomic E-state index is -0.624. The topological polar surface area (TPSA) is 88.5 Å². The lowest BCUT2D eigenvalue weighted by Gasteiger charge is -2.26. The summed E-state index contributed by atoms with van der Waals surface area (Å²) in [6.45, 7) is 18.8. The van der Waals surface area contributed by atoms with E-state index in [9.17, 15) is 15.0 Å². The molecule has 2 N–H and O–H groups in total. The lowest BCUT2D eigenvalue weighted by molar-refractivity contribution is -0.145. The van der Waals surface area contributed by atoms with Crippen molar-refractivity contribution in [2.24, 2.45) is 11.8 Å². The highest BCUT2D eigenvalue weighted by molar-refractivity contribution is 5.69. The number of carbonyl (C=O) groups excluding carboxylic acids is 1. The standard InChI is InChI=1S/C48H95NO6/c1-7-11-15-19-21-25-32-45(31-24-17-13-9-3)41-55-48(52)35-28-23-29-36-49(39-43(5)50)40-47(51)42-53-37-30-38-54-44(6)46(33-26-18-14-10-4)34-27-22-20-16-12-8-2/h43,45-47,50-51H,6-42H2,1-5H3. The van der Waals surface area contributed by atoms with E-state index in [1.165, 1.54) is 154 Å². The number of esters is 1. The third-order valence-electron chi connectivity index (χ3n) is 11.1. The van der Waals surface area contributed by atoms with Crippen molar-refractivity contribution >= 4 is 5.97 Å². The maximum atomic E-state index is 12.6. The van der Waals surface area contributed by atoms with Crippen LogP contribution in [0.2, 0.25) is 0 Å². The van der Waals surface area contributed by atoms with E-state index in [0.717, 1.165) is 38.0 Å². The van der Waals surface area contributed by atoms with Gasteiger partial charge in [-0.25, -0.2) is 0 Å². The number of hydrogen-bond donors (Lipinski definition) is 2. The lowest BCUT2D eigenvalue weighted by atomic mass is 9.93. The molecule has 0 saturated heterocycles. The van der Waals surface area contributed by atoms with E-state index in [4.69, 9.17) is 14.2 Å². The summed E-state index contributed by atoms with van der Waals surface area (Å²) in [5, 5.41) is 20.8. The Kier molecular flexibility index (Phi) is 40.2. The van der Waals surface area contributed by atoms with Gasteiger partial charge >= 0.3 is 5.97 Å². The molecule has 7 nitrogen and oxygen atoms in total. The van der Waals surface area contributed by atoms with E-state index >= 15 is 0 Å². The van der Waals surface area contributed by atoms with Gasteiger partial charge in [0.1, 0.15) is 0 Å². The largest absolute Gasteiger partial charge is 0.498 e. The number of aliphatic hydroxyl groups excluding tert-OH is 2. The second kappa shape index (κ2) is 41.0. The minimum Gasteiger partial charge on any atom is -0.498 e. The zero-order valence-electron chi connectivity index (χ0n) is 37.4. The molecule has 0 bridgehead atoms. The molecule has 7 heteroatoms. The van der Waals surface area contributed by atoms with Crippen molar-refractivity contribution < 1.29 is 29.2 Å². The molecule has 4 unspecified atom stereocenters. The molecule has 4 atom stereocenters. The molecule has 55 heavy (non-hydrogen) atoms. The number of ether oxygens (including phenoxy) is 3. The van der Waals surface area contributed by atoms with Gasteiger partial charge in [0.05, 0.1) is 37.8 Å². The molecular weight excluding hydrogens is 687 g/mol. The Bertz CT molecular complexity index is 822. The molecule has 0 rings (SSSR count). The Hall–Kier alpha value is -1.15. The van der Waals surface area contributed by atoms with Gasteiger partial charge in [-0.15, -0.1) is 0 Å². The van der Waals surface area contributed by atoms with Crippen LogP contribution in [0.25, 0.3) is 0 Å². The van der Waals surface area contributed by atoms with Crippen molar-refractivity contribution in [3.05, 3.63) is 12.3 Å². The number of unbranched alkanes of at least 4 members (excludes halogenated alkanes) is 18. The van der Waals surface area contributed by atoms with E-state index < -0.39 is 12.2 Å². The first-order valence-corrected chi connectivity index (χ1v) is 23.9. The van der Waals surface area contributed by atoms with Crippen LogP contribution in [0.3, 0.4) is 0 Å². The predicted octanol–water partition coefficient (Wildman–Crippen LogP) is 12.7. The van der Waals surface area contributed by atoms with Crippen LogP contribution in [0.15, 0.2) is 12.3 Å². The highest BCUT2D eigenvalue weighted by Gasteiger charge is 2.17. The van der Waals surface area contributed by atoms with Crippen molar-refractivity contribution in [1.82, 2.24) is 4.90 Å². The molecule has 0 amide bonds. The van der Waals surface area contributed by atoms with Crippen LogP contribution in [0.1, 0.15) is 221 Å². The molecule has 0 radical (unpaired) electrons. The average Bonchev–Trinajstić information content (AvgIpc) is 3.16. The Morgan fingerprint density at radius 3 is 1.60 bits per heavy atom. The molecule has 0 heterocycles. The number of rotatable bonds is 44. The summed E-state index contributed by atoms with van der Waals surface area (Å²) in [6.07, 6.45) is 33.3. The average molecular weight is 782 g/mol. The monoisotopic (exact) mass is 782 g/mol. The fourth-order valence-electron chi connectivity index (χ4n) is 7.59. The molecular formula is C48H95NO6. The zero-order chi connectivity index (χ0) is 40.6. The van der Waals surface area contributed by atoms with Gasteiger partial charge in [0.25, 0.3) is 0 Å². The van der Waals surface area contributed by atoms with Crippen LogP contribution in [-0.2, 0) is 19.0 Å². The van der Waals surface area contributed by atoms with Crippen molar-refractivity contribution in [2.75, 3.05) is 46.1 Å². The molecule has 0 aromatic carbocycles. The molecule has 0 saturated carbocycles. The number of hydrogen-bond acceptors (Lipinski definition) is 7. The molecule has 328 valence electrons. The van der Waals surface area contributed by atoms with Crippen molar-refractivity contribution in [3.63, 3.8) is 0 Å². The third kappa shape index (κ3) is 36.9. The summed E-state index contributed by atoms with van der Waals surface area (Å²) < 4.78 is 17.7. The van der Waals surface area contributed by atoms with Gasteiger partial charge in [-0.3, -0.25) is 9.69 Å². The van der Waals surface area contributed by atoms with Crippen molar-refractivity contribution in [3.8, 4) is 0 Å². The van der Waals surface area contributed by atoms with Gasteiger partial charge in [0.2, 0.25) is 0 Å². The first-order chi connectivity index (χ1) is 26.8. The summed E-state index contributed by atoms with van der Waals surface area (Å²) in [7, 11) is 0. The van der Waals surface area contributed by atoms with Crippen LogP contribution in [-0.4, -0.2) is 79.4 Å². The predicted molar refractivity (Wildman–Crippen MR) is 235 cm³/mol. The van der Waals surface area contributed by atoms with Crippen LogP contribution in [0.5, 0.6) is 0 Å². The van der Waals surface area contributed by atoms with Crippen LogP contribution in [0.4, 0.5) is 0 Å². The van der Waals surface area contributed by atoms with E-state index in [2.05, 4.69) is 39.2 Å². The molecule has 0 aliphatic rings. The van der Waals surface area contributed by atoms with Gasteiger partial charge in [-0.05, 0) is 57.9 Å². The van der Waals surface area contributed by atoms with Gasteiger partial charge in [-0.1, -0.05) is 169 Å². The van der Waals surface area contributed by atoms with E-state index in [1.54, 1.807) is 6.92 Å². The first-order valence-electron chi connectivity index (χ1n) is 23.9. The van der Waals surface area contributed by atoms with Crippen LogP contribution in [0, 0.1) is 11.8 Å². The fraction of sp³-hybridized carbons (Fsp3) is 0.938. The highest BCUT2D eigenvalue weighted by Crippen LogP contribution is 2.26. The highest BCUT2D eigenvalue weighted by atomic mass is 16.5. The zero-order valence-corrected chi connectivity index (χ0v) is 37.4. The fourth-order valence-corrected chi connectivity index (χ4v) is 7.59. The lowest BCUT2D eigenvalue weighted by Crippen LogP contribution is -2.39. The van der Waals surface area contributed by atoms with Gasteiger partial charge in [0, 0.05) is 38.5 Å². The van der Waals surface area contributed by atoms with Crippen molar-refractivity contribution in [2.45, 2.75) is 233 Å². The normalized spacial score (nSPS) is 13.9. The molecule has 0 aliphatic carbocycles. The van der Waals surface area contributed by atoms with E-state index in [1.807, 2.05) is 0 Å². The second-order valence-electron chi connectivity index (χ2n) is 16.9. The van der Waals surface area contributed by atoms with Gasteiger partial charge in [-0.2, -0.15) is 0 Å². The number of allylic oxidation sites excluding steroid dienone is 1. The van der Waals surface area contributed by atoms with E-state index in [0.29, 0.717) is 51.2 Å². The van der Waals surface area contributed by atoms with Gasteiger partial charge in [0.15, 0.2) is 0 Å². The molecule has 0 aliphatic heterocycles. The Morgan fingerprint density at radius 1 is 0.564 bits per heavy atom. The molecule has 0 spiro atoms. The Labute approximate surface area is 342 Å². The molecule has 0 aromatic rings. The Balaban J connectivity index is 4.39. The van der Waals surface area contributed by atoms with Gasteiger partial charge < -0.3 is 24.4 Å². The smallest absolute Gasteiger partial charge is 0.305 e. The second-order valence-corrected chi connectivity index (χ2v) is 16.9. The summed E-state index contributed by atoms with van der Waals surface area (Å²) >= 11 is 0. The maximum absolute atomic E-state index is 12.6. The van der Waals surface area contributed by atoms with Crippen LogP contribution < -0.4 is 0 Å². The Morgan fingerprint density at radius 2 is 1.05 bits per heavy atom. The summed E-state index contributed by atoms with van der Waals surface area (Å²) in [5.74, 6) is 1.81. The maximum Gasteiger partial charge on any atom is 0.305 e. The number of nitrogens with zero attached hydrogens (tertiary/aromatic N) is 1. The summed E-state index contributed by atoms with van der Waals surface area (Å²) in [4.78, 5) is 14.7. The van der Waals surface area contributed by atoms with E-state index in [-0.39, 0.29) is 12.6 Å². The number of carbonyl (C=O) groups is 1. The molecule has 0 fully saturated rings. The van der Waals surface area contributed by atoms with Crippen molar-refractivity contribution in [1.29, 1.82) is 0 Å². The van der Waals surface area contributed by atoms with Crippen LogP contribution >= 0.6 is 0 Å².